The molecule has 2 aromatic rings. The Kier molecular flexibility index (Phi) is 4.97. The second kappa shape index (κ2) is 6.53. The molecule has 1 nitrogen and oxygen atoms in total. The summed E-state index contributed by atoms with van der Waals surface area (Å²) in [4.78, 5) is 0. The van der Waals surface area contributed by atoms with E-state index < -0.39 is 17.7 Å². The third-order valence-corrected chi connectivity index (χ3v) is 3.74. The summed E-state index contributed by atoms with van der Waals surface area (Å²) in [6.07, 6.45) is -0.401. The highest BCUT2D eigenvalue weighted by atomic mass is 35.5. The van der Waals surface area contributed by atoms with E-state index in [1.165, 1.54) is 12.1 Å². The van der Waals surface area contributed by atoms with Crippen LogP contribution in [0.3, 0.4) is 0 Å². The second-order valence-corrected chi connectivity index (χ2v) is 5.34. The quantitative estimate of drug-likeness (QED) is 0.885. The van der Waals surface area contributed by atoms with E-state index in [0.29, 0.717) is 21.2 Å². The lowest BCUT2D eigenvalue weighted by atomic mass is 10.0. The van der Waals surface area contributed by atoms with Gasteiger partial charge >= 0.3 is 0 Å². The van der Waals surface area contributed by atoms with Crippen LogP contribution >= 0.6 is 23.2 Å². The topological polar surface area (TPSA) is 20.2 Å². The maximum absolute atomic E-state index is 13.1. The summed E-state index contributed by atoms with van der Waals surface area (Å²) in [5.41, 5.74) is 1.09. The molecule has 0 heterocycles. The van der Waals surface area contributed by atoms with Crippen molar-refractivity contribution in [2.75, 3.05) is 0 Å². The molecular weight excluding hydrogens is 305 g/mol. The predicted octanol–water partition coefficient (Wildman–Crippen LogP) is 4.42. The maximum Gasteiger partial charge on any atom is 0.126 e. The Bertz CT molecular complexity index is 597. The fraction of sp³-hybridized carbons (Fsp3) is 0.200. The van der Waals surface area contributed by atoms with Crippen LogP contribution < -0.4 is 0 Å². The van der Waals surface area contributed by atoms with Gasteiger partial charge in [-0.2, -0.15) is 0 Å². The summed E-state index contributed by atoms with van der Waals surface area (Å²) in [5.74, 6) is -1.32. The van der Waals surface area contributed by atoms with E-state index in [2.05, 4.69) is 0 Å². The molecule has 0 spiro atoms. The van der Waals surface area contributed by atoms with E-state index in [9.17, 15) is 13.9 Å². The second-order valence-electron chi connectivity index (χ2n) is 4.55. The van der Waals surface area contributed by atoms with Crippen LogP contribution in [0.5, 0.6) is 0 Å². The highest BCUT2D eigenvalue weighted by Gasteiger charge is 2.12. The monoisotopic (exact) mass is 316 g/mol. The molecule has 0 aliphatic rings. The van der Waals surface area contributed by atoms with Gasteiger partial charge in [0.15, 0.2) is 0 Å². The zero-order valence-electron chi connectivity index (χ0n) is 10.4. The molecule has 0 saturated heterocycles. The van der Waals surface area contributed by atoms with E-state index >= 15 is 0 Å². The first-order valence-electron chi connectivity index (χ1n) is 6.01. The minimum Gasteiger partial charge on any atom is -0.392 e. The first kappa shape index (κ1) is 15.2. The highest BCUT2D eigenvalue weighted by molar-refractivity contribution is 6.42. The largest absolute Gasteiger partial charge is 0.392 e. The lowest BCUT2D eigenvalue weighted by molar-refractivity contribution is 0.175. The van der Waals surface area contributed by atoms with Crippen LogP contribution in [-0.4, -0.2) is 11.2 Å². The van der Waals surface area contributed by atoms with Gasteiger partial charge in [-0.15, -0.1) is 0 Å². The fourth-order valence-corrected chi connectivity index (χ4v) is 2.43. The molecule has 0 radical (unpaired) electrons. The third kappa shape index (κ3) is 3.92. The number of hydrogen-bond donors (Lipinski definition) is 1. The van der Waals surface area contributed by atoms with Crippen LogP contribution in [0.1, 0.15) is 11.1 Å². The van der Waals surface area contributed by atoms with Crippen LogP contribution in [0, 0.1) is 11.6 Å². The molecule has 0 aromatic heterocycles. The summed E-state index contributed by atoms with van der Waals surface area (Å²) < 4.78 is 26.1. The average Bonchev–Trinajstić information content (AvgIpc) is 2.33. The Morgan fingerprint density at radius 2 is 1.65 bits per heavy atom. The number of aliphatic hydroxyl groups is 1. The molecule has 0 amide bonds. The summed E-state index contributed by atoms with van der Waals surface area (Å²) in [7, 11) is 0. The first-order valence-corrected chi connectivity index (χ1v) is 6.77. The Balaban J connectivity index is 2.09. The van der Waals surface area contributed by atoms with Gasteiger partial charge in [0.05, 0.1) is 16.1 Å². The number of halogens is 4. The number of rotatable bonds is 4. The van der Waals surface area contributed by atoms with Gasteiger partial charge in [0, 0.05) is 12.5 Å². The smallest absolute Gasteiger partial charge is 0.126 e. The molecule has 0 fully saturated rings. The van der Waals surface area contributed by atoms with Gasteiger partial charge in [-0.25, -0.2) is 8.78 Å². The lowest BCUT2D eigenvalue weighted by Gasteiger charge is -2.12. The fourth-order valence-electron chi connectivity index (χ4n) is 2.03. The van der Waals surface area contributed by atoms with Gasteiger partial charge in [-0.1, -0.05) is 35.3 Å². The van der Waals surface area contributed by atoms with E-state index in [0.717, 1.165) is 6.07 Å². The van der Waals surface area contributed by atoms with Crippen molar-refractivity contribution in [3.63, 3.8) is 0 Å². The third-order valence-electron chi connectivity index (χ3n) is 2.88. The van der Waals surface area contributed by atoms with Crippen molar-refractivity contribution in [3.05, 3.63) is 69.2 Å². The van der Waals surface area contributed by atoms with Gasteiger partial charge in [0.1, 0.15) is 11.6 Å². The molecular formula is C15H12Cl2F2O. The van der Waals surface area contributed by atoms with Gasteiger partial charge in [0.25, 0.3) is 0 Å². The lowest BCUT2D eigenvalue weighted by Crippen LogP contribution is -2.14. The van der Waals surface area contributed by atoms with Crippen LogP contribution in [0.25, 0.3) is 0 Å². The van der Waals surface area contributed by atoms with E-state index in [1.807, 2.05) is 0 Å². The zero-order valence-corrected chi connectivity index (χ0v) is 11.9. The summed E-state index contributed by atoms with van der Waals surface area (Å²) >= 11 is 11.9. The Morgan fingerprint density at radius 1 is 1.00 bits per heavy atom. The zero-order chi connectivity index (χ0) is 14.7. The standard InChI is InChI=1S/C15H12Cl2F2O/c16-14-3-1-2-10(15(14)17)7-13(20)6-9-4-11(18)8-12(19)5-9/h1-5,8,13,20H,6-7H2. The molecule has 1 unspecified atom stereocenters. The predicted molar refractivity (Wildman–Crippen MR) is 76.2 cm³/mol. The van der Waals surface area contributed by atoms with E-state index in [1.54, 1.807) is 18.2 Å². The molecule has 0 aliphatic heterocycles. The molecule has 1 atom stereocenters. The molecule has 106 valence electrons. The summed E-state index contributed by atoms with van der Waals surface area (Å²) in [6, 6.07) is 8.34. The highest BCUT2D eigenvalue weighted by Crippen LogP contribution is 2.26. The first-order chi connectivity index (χ1) is 9.45. The Hall–Kier alpha value is -1.16. The van der Waals surface area contributed by atoms with Gasteiger partial charge in [-0.05, 0) is 35.7 Å². The van der Waals surface area contributed by atoms with E-state index in [-0.39, 0.29) is 12.8 Å². The Labute approximate surface area is 125 Å². The maximum atomic E-state index is 13.1. The van der Waals surface area contributed by atoms with Crippen molar-refractivity contribution >= 4 is 23.2 Å². The summed E-state index contributed by atoms with van der Waals surface area (Å²) in [6.45, 7) is 0. The Morgan fingerprint density at radius 3 is 2.30 bits per heavy atom. The van der Waals surface area contributed by atoms with Crippen LogP contribution in [0.15, 0.2) is 36.4 Å². The molecule has 2 rings (SSSR count). The molecule has 2 aromatic carbocycles. The van der Waals surface area contributed by atoms with Crippen molar-refractivity contribution in [2.24, 2.45) is 0 Å². The van der Waals surface area contributed by atoms with Crippen LogP contribution in [-0.2, 0) is 12.8 Å². The van der Waals surface area contributed by atoms with Gasteiger partial charge < -0.3 is 5.11 Å². The normalized spacial score (nSPS) is 12.4. The molecule has 0 bridgehead atoms. The van der Waals surface area contributed by atoms with Crippen molar-refractivity contribution in [3.8, 4) is 0 Å². The summed E-state index contributed by atoms with van der Waals surface area (Å²) in [5, 5.41) is 10.8. The van der Waals surface area contributed by atoms with Crippen LogP contribution in [0.4, 0.5) is 8.78 Å². The SMILES string of the molecule is OC(Cc1cc(F)cc(F)c1)Cc1cccc(Cl)c1Cl. The minimum absolute atomic E-state index is 0.136. The van der Waals surface area contributed by atoms with Crippen molar-refractivity contribution < 1.29 is 13.9 Å². The molecule has 0 saturated carbocycles. The van der Waals surface area contributed by atoms with Gasteiger partial charge in [-0.3, -0.25) is 0 Å². The number of hydrogen-bond acceptors (Lipinski definition) is 1. The minimum atomic E-state index is -0.799. The molecule has 0 aliphatic carbocycles. The molecule has 5 heteroatoms. The van der Waals surface area contributed by atoms with Crippen molar-refractivity contribution in [1.29, 1.82) is 0 Å². The average molecular weight is 317 g/mol. The number of benzene rings is 2. The molecule has 20 heavy (non-hydrogen) atoms. The molecule has 1 N–H and O–H groups in total. The number of aliphatic hydroxyl groups excluding tert-OH is 1. The van der Waals surface area contributed by atoms with Crippen molar-refractivity contribution in [2.45, 2.75) is 18.9 Å². The van der Waals surface area contributed by atoms with Gasteiger partial charge in [0.2, 0.25) is 0 Å². The van der Waals surface area contributed by atoms with Crippen LogP contribution in [0.2, 0.25) is 10.0 Å². The van der Waals surface area contributed by atoms with E-state index in [4.69, 9.17) is 23.2 Å². The van der Waals surface area contributed by atoms with Crippen molar-refractivity contribution in [1.82, 2.24) is 0 Å².